The molecule has 1 amide bonds. The molecule has 2 nitrogen and oxygen atoms in total. The van der Waals surface area contributed by atoms with Crippen LogP contribution in [0.3, 0.4) is 0 Å². The van der Waals surface area contributed by atoms with Crippen LogP contribution >= 0.6 is 0 Å². The fourth-order valence-corrected chi connectivity index (χ4v) is 1.36. The van der Waals surface area contributed by atoms with E-state index in [1.54, 1.807) is 0 Å². The second-order valence-electron chi connectivity index (χ2n) is 2.64. The van der Waals surface area contributed by atoms with Crippen molar-refractivity contribution in [1.82, 2.24) is 4.90 Å². The minimum atomic E-state index is 0.297. The van der Waals surface area contributed by atoms with Crippen LogP contribution in [0.5, 0.6) is 0 Å². The summed E-state index contributed by atoms with van der Waals surface area (Å²) in [6, 6.07) is 0.297. The van der Waals surface area contributed by atoms with Gasteiger partial charge in [0.2, 0.25) is 6.41 Å². The van der Waals surface area contributed by atoms with Gasteiger partial charge in [-0.3, -0.25) is 4.79 Å². The Labute approximate surface area is 61.5 Å². The molecule has 56 valence electrons. The van der Waals surface area contributed by atoms with Crippen LogP contribution in [0.15, 0.2) is 12.7 Å². The molecule has 1 fully saturated rings. The van der Waals surface area contributed by atoms with E-state index < -0.39 is 0 Å². The van der Waals surface area contributed by atoms with Gasteiger partial charge in [-0.15, -0.1) is 6.58 Å². The van der Waals surface area contributed by atoms with Crippen molar-refractivity contribution in [2.75, 3.05) is 6.54 Å². The highest BCUT2D eigenvalue weighted by Crippen LogP contribution is 2.15. The predicted octanol–water partition coefficient (Wildman–Crippen LogP) is 1.18. The van der Waals surface area contributed by atoms with E-state index in [0.29, 0.717) is 6.04 Å². The first-order valence-corrected chi connectivity index (χ1v) is 3.72. The summed E-state index contributed by atoms with van der Waals surface area (Å²) in [5, 5.41) is 0. The molecule has 1 aliphatic heterocycles. The van der Waals surface area contributed by atoms with Crippen LogP contribution in [0.4, 0.5) is 0 Å². The van der Waals surface area contributed by atoms with E-state index in [9.17, 15) is 4.79 Å². The fourth-order valence-electron chi connectivity index (χ4n) is 1.36. The summed E-state index contributed by atoms with van der Waals surface area (Å²) in [7, 11) is 0. The van der Waals surface area contributed by atoms with Gasteiger partial charge in [0.05, 0.1) is 0 Å². The second kappa shape index (κ2) is 3.40. The monoisotopic (exact) mass is 139 g/mol. The first kappa shape index (κ1) is 7.32. The first-order chi connectivity index (χ1) is 4.88. The fraction of sp³-hybridized carbons (Fsp3) is 0.625. The largest absolute Gasteiger partial charge is 0.339 e. The number of amides is 1. The van der Waals surface area contributed by atoms with Crippen molar-refractivity contribution in [3.8, 4) is 0 Å². The zero-order chi connectivity index (χ0) is 7.40. The Balaban J connectivity index is 2.49. The average molecular weight is 139 g/mol. The van der Waals surface area contributed by atoms with E-state index >= 15 is 0 Å². The van der Waals surface area contributed by atoms with Gasteiger partial charge < -0.3 is 4.90 Å². The molecule has 0 aromatic rings. The summed E-state index contributed by atoms with van der Waals surface area (Å²) >= 11 is 0. The van der Waals surface area contributed by atoms with Gasteiger partial charge in [-0.25, -0.2) is 0 Å². The van der Waals surface area contributed by atoms with Crippen LogP contribution in [0.2, 0.25) is 0 Å². The zero-order valence-electron chi connectivity index (χ0n) is 6.12. The Morgan fingerprint density at radius 2 is 2.30 bits per heavy atom. The molecule has 0 bridgehead atoms. The van der Waals surface area contributed by atoms with Crippen molar-refractivity contribution < 1.29 is 4.79 Å². The number of carbonyl (C=O) groups excluding carboxylic acids is 1. The van der Waals surface area contributed by atoms with Gasteiger partial charge in [0.1, 0.15) is 0 Å². The SMILES string of the molecule is C=CC1CCCCN1C=O. The van der Waals surface area contributed by atoms with Crippen LogP contribution in [0.25, 0.3) is 0 Å². The van der Waals surface area contributed by atoms with Crippen molar-refractivity contribution in [3.05, 3.63) is 12.7 Å². The van der Waals surface area contributed by atoms with E-state index in [4.69, 9.17) is 0 Å². The van der Waals surface area contributed by atoms with Gasteiger partial charge in [-0.05, 0) is 19.3 Å². The second-order valence-corrected chi connectivity index (χ2v) is 2.64. The maximum Gasteiger partial charge on any atom is 0.210 e. The number of nitrogens with zero attached hydrogens (tertiary/aromatic N) is 1. The molecule has 0 aromatic heterocycles. The van der Waals surface area contributed by atoms with Crippen LogP contribution in [0.1, 0.15) is 19.3 Å². The topological polar surface area (TPSA) is 20.3 Å². The molecule has 1 rings (SSSR count). The maximum absolute atomic E-state index is 10.4. The molecule has 2 heteroatoms. The van der Waals surface area contributed by atoms with Crippen molar-refractivity contribution in [2.24, 2.45) is 0 Å². The van der Waals surface area contributed by atoms with Gasteiger partial charge in [-0.2, -0.15) is 0 Å². The summed E-state index contributed by atoms with van der Waals surface area (Å²) in [6.45, 7) is 4.58. The normalized spacial score (nSPS) is 26.0. The summed E-state index contributed by atoms with van der Waals surface area (Å²) in [5.74, 6) is 0. The lowest BCUT2D eigenvalue weighted by Gasteiger charge is -2.30. The Bertz CT molecular complexity index is 117. The number of hydrogen-bond donors (Lipinski definition) is 0. The molecule has 0 aliphatic carbocycles. The number of likely N-dealkylation sites (tertiary alicyclic amines) is 1. The molecule has 0 N–H and O–H groups in total. The lowest BCUT2D eigenvalue weighted by atomic mass is 10.0. The first-order valence-electron chi connectivity index (χ1n) is 3.72. The van der Waals surface area contributed by atoms with Crippen LogP contribution in [-0.2, 0) is 4.79 Å². The summed E-state index contributed by atoms with van der Waals surface area (Å²) in [4.78, 5) is 12.2. The van der Waals surface area contributed by atoms with Gasteiger partial charge in [-0.1, -0.05) is 6.08 Å². The van der Waals surface area contributed by atoms with E-state index in [-0.39, 0.29) is 0 Å². The van der Waals surface area contributed by atoms with Gasteiger partial charge in [0.25, 0.3) is 0 Å². The molecule has 1 saturated heterocycles. The molecule has 1 atom stereocenters. The van der Waals surface area contributed by atoms with Crippen molar-refractivity contribution in [2.45, 2.75) is 25.3 Å². The predicted molar refractivity (Wildman–Crippen MR) is 40.6 cm³/mol. The molecular formula is C8H13NO. The molecule has 1 aliphatic rings. The highest BCUT2D eigenvalue weighted by molar-refractivity contribution is 5.48. The van der Waals surface area contributed by atoms with E-state index in [0.717, 1.165) is 25.8 Å². The lowest BCUT2D eigenvalue weighted by molar-refractivity contribution is -0.120. The summed E-state index contributed by atoms with van der Waals surface area (Å²) < 4.78 is 0. The average Bonchev–Trinajstić information content (AvgIpc) is 2.04. The lowest BCUT2D eigenvalue weighted by Crippen LogP contribution is -2.36. The van der Waals surface area contributed by atoms with Crippen LogP contribution < -0.4 is 0 Å². The summed E-state index contributed by atoms with van der Waals surface area (Å²) in [6.07, 6.45) is 6.23. The molecule has 0 saturated carbocycles. The van der Waals surface area contributed by atoms with Crippen LogP contribution in [-0.4, -0.2) is 23.9 Å². The van der Waals surface area contributed by atoms with Gasteiger partial charge in [0.15, 0.2) is 0 Å². The Morgan fingerprint density at radius 1 is 1.50 bits per heavy atom. The molecule has 0 radical (unpaired) electrons. The number of hydrogen-bond acceptors (Lipinski definition) is 1. The van der Waals surface area contributed by atoms with Gasteiger partial charge in [0, 0.05) is 12.6 Å². The van der Waals surface area contributed by atoms with Gasteiger partial charge >= 0.3 is 0 Å². The highest BCUT2D eigenvalue weighted by Gasteiger charge is 2.16. The third-order valence-corrected chi connectivity index (χ3v) is 2.00. The zero-order valence-corrected chi connectivity index (χ0v) is 6.12. The number of piperidine rings is 1. The van der Waals surface area contributed by atoms with Crippen LogP contribution in [0, 0.1) is 0 Å². The highest BCUT2D eigenvalue weighted by atomic mass is 16.1. The molecule has 1 heterocycles. The maximum atomic E-state index is 10.4. The molecular weight excluding hydrogens is 126 g/mol. The Morgan fingerprint density at radius 3 is 2.80 bits per heavy atom. The van der Waals surface area contributed by atoms with Crippen molar-refractivity contribution >= 4 is 6.41 Å². The minimum absolute atomic E-state index is 0.297. The quantitative estimate of drug-likeness (QED) is 0.415. The third kappa shape index (κ3) is 1.38. The van der Waals surface area contributed by atoms with E-state index in [1.807, 2.05) is 11.0 Å². The van der Waals surface area contributed by atoms with Crippen molar-refractivity contribution in [3.63, 3.8) is 0 Å². The minimum Gasteiger partial charge on any atom is -0.339 e. The smallest absolute Gasteiger partial charge is 0.210 e. The Kier molecular flexibility index (Phi) is 2.49. The summed E-state index contributed by atoms with van der Waals surface area (Å²) in [5.41, 5.74) is 0. The number of rotatable bonds is 2. The Hall–Kier alpha value is -0.790. The van der Waals surface area contributed by atoms with E-state index in [2.05, 4.69) is 6.58 Å². The molecule has 0 aromatic carbocycles. The van der Waals surface area contributed by atoms with E-state index in [1.165, 1.54) is 6.42 Å². The standard InChI is InChI=1S/C8H13NO/c1-2-8-5-3-4-6-9(8)7-10/h2,7-8H,1,3-6H2. The molecule has 0 spiro atoms. The molecule has 1 unspecified atom stereocenters. The molecule has 10 heavy (non-hydrogen) atoms. The van der Waals surface area contributed by atoms with Crippen molar-refractivity contribution in [1.29, 1.82) is 0 Å². The third-order valence-electron chi connectivity index (χ3n) is 2.00. The number of carbonyl (C=O) groups is 1.